The van der Waals surface area contributed by atoms with Gasteiger partial charge in [0.15, 0.2) is 0 Å². The topological polar surface area (TPSA) is 137 Å². The average Bonchev–Trinajstić information content (AvgIpc) is 3.46. The maximum Gasteiger partial charge on any atom is 0.229 e. The molecule has 62 heavy (non-hydrogen) atoms. The molecular formula is C46H44BrCl3N4O6S2. The fourth-order valence-electron chi connectivity index (χ4n) is 7.46. The van der Waals surface area contributed by atoms with Crippen molar-refractivity contribution in [3.63, 3.8) is 0 Å². The molecule has 16 heteroatoms. The van der Waals surface area contributed by atoms with Gasteiger partial charge in [0, 0.05) is 56.1 Å². The SMILES string of the molecule is Br.CC/C(=C1\c2ccc(Cl)cc2OCc2ncccc21)c1cccc(NS(C)(=O)=O)c1.CC/C(=C1\c2ccc(Cl)cc2OCc2ncccc21)c1cccc(NS(C)(=O)=O)c1.Cl. The summed E-state index contributed by atoms with van der Waals surface area (Å²) in [4.78, 5) is 9.06. The Morgan fingerprint density at radius 1 is 0.581 bits per heavy atom. The highest BCUT2D eigenvalue weighted by Gasteiger charge is 2.25. The standard InChI is InChI=1S/2C23H21ClN2O3S.BrH.ClH/c2*1-3-18(15-6-4-7-17(12-15)26-30(2,27)28)23-19-8-5-11-25-21(19)14-29-22-13-16(24)9-10-20(22)23;;/h2*4-13,26H,3,14H2,1-2H3;2*1H/b2*23-18+;;. The minimum Gasteiger partial charge on any atom is -0.487 e. The van der Waals surface area contributed by atoms with Crippen molar-refractivity contribution in [2.75, 3.05) is 22.0 Å². The highest BCUT2D eigenvalue weighted by atomic mass is 79.9. The lowest BCUT2D eigenvalue weighted by Gasteiger charge is -2.17. The number of pyridine rings is 2. The van der Waals surface area contributed by atoms with E-state index >= 15 is 0 Å². The fraction of sp³-hybridized carbons (Fsp3) is 0.174. The van der Waals surface area contributed by atoms with E-state index in [4.69, 9.17) is 32.7 Å². The molecule has 2 aliphatic heterocycles. The second-order valence-corrected chi connectivity index (χ2v) is 18.5. The van der Waals surface area contributed by atoms with E-state index in [1.807, 2.05) is 97.1 Å². The summed E-state index contributed by atoms with van der Waals surface area (Å²) < 4.78 is 64.0. The normalized spacial score (nSPS) is 14.3. The van der Waals surface area contributed by atoms with E-state index in [2.05, 4.69) is 33.3 Å². The number of benzene rings is 4. The fourth-order valence-corrected chi connectivity index (χ4v) is 8.89. The Morgan fingerprint density at radius 2 is 0.984 bits per heavy atom. The number of halogens is 4. The second kappa shape index (κ2) is 20.5. The largest absolute Gasteiger partial charge is 0.487 e. The summed E-state index contributed by atoms with van der Waals surface area (Å²) in [7, 11) is -6.74. The molecule has 324 valence electrons. The van der Waals surface area contributed by atoms with Gasteiger partial charge in [0.05, 0.1) is 23.9 Å². The van der Waals surface area contributed by atoms with E-state index in [-0.39, 0.29) is 29.4 Å². The van der Waals surface area contributed by atoms with Crippen molar-refractivity contribution >= 4 is 106 Å². The monoisotopic (exact) mass is 996 g/mol. The number of hydrogen-bond donors (Lipinski definition) is 2. The first-order valence-electron chi connectivity index (χ1n) is 19.1. The summed E-state index contributed by atoms with van der Waals surface area (Å²) in [6.45, 7) is 4.85. The van der Waals surface area contributed by atoms with E-state index < -0.39 is 20.0 Å². The molecule has 2 aromatic heterocycles. The average molecular weight is 999 g/mol. The lowest BCUT2D eigenvalue weighted by Crippen LogP contribution is -2.09. The van der Waals surface area contributed by atoms with E-state index in [1.165, 1.54) is 0 Å². The van der Waals surface area contributed by atoms with Crippen LogP contribution in [0.4, 0.5) is 11.4 Å². The molecule has 0 amide bonds. The summed E-state index contributed by atoms with van der Waals surface area (Å²) in [5.74, 6) is 1.40. The van der Waals surface area contributed by atoms with Crippen molar-refractivity contribution in [2.24, 2.45) is 0 Å². The smallest absolute Gasteiger partial charge is 0.229 e. The van der Waals surface area contributed by atoms with Gasteiger partial charge in [-0.15, -0.1) is 29.4 Å². The Bertz CT molecular complexity index is 2710. The zero-order valence-corrected chi connectivity index (χ0v) is 39.8. The number of aromatic nitrogens is 2. The lowest BCUT2D eigenvalue weighted by atomic mass is 9.87. The van der Waals surface area contributed by atoms with Gasteiger partial charge in [-0.3, -0.25) is 19.4 Å². The number of rotatable bonds is 8. The molecule has 4 aromatic carbocycles. The third kappa shape index (κ3) is 11.4. The van der Waals surface area contributed by atoms with Gasteiger partial charge in [-0.25, -0.2) is 16.8 Å². The minimum absolute atomic E-state index is 0. The van der Waals surface area contributed by atoms with Crippen LogP contribution in [-0.2, 0) is 33.3 Å². The van der Waals surface area contributed by atoms with Crippen LogP contribution in [0.1, 0.15) is 71.5 Å². The molecule has 0 atom stereocenters. The van der Waals surface area contributed by atoms with E-state index in [9.17, 15) is 16.8 Å². The van der Waals surface area contributed by atoms with Crippen molar-refractivity contribution in [3.8, 4) is 11.5 Å². The highest BCUT2D eigenvalue weighted by Crippen LogP contribution is 2.44. The van der Waals surface area contributed by atoms with Crippen molar-refractivity contribution in [2.45, 2.75) is 39.9 Å². The molecule has 0 saturated heterocycles. The van der Waals surface area contributed by atoms with Crippen LogP contribution in [0.3, 0.4) is 0 Å². The van der Waals surface area contributed by atoms with Crippen LogP contribution in [0.15, 0.2) is 122 Å². The van der Waals surface area contributed by atoms with Gasteiger partial charge in [-0.1, -0.05) is 73.4 Å². The van der Waals surface area contributed by atoms with Crippen molar-refractivity contribution in [1.29, 1.82) is 0 Å². The molecule has 0 unspecified atom stereocenters. The van der Waals surface area contributed by atoms with Crippen LogP contribution in [0.5, 0.6) is 11.5 Å². The van der Waals surface area contributed by atoms with Crippen LogP contribution in [0, 0.1) is 0 Å². The number of sulfonamides is 2. The predicted octanol–water partition coefficient (Wildman–Crippen LogP) is 11.7. The van der Waals surface area contributed by atoms with E-state index in [1.54, 1.807) is 24.5 Å². The number of ether oxygens (including phenoxy) is 2. The first-order valence-corrected chi connectivity index (χ1v) is 23.6. The highest BCUT2D eigenvalue weighted by molar-refractivity contribution is 8.93. The molecule has 0 fully saturated rings. The predicted molar refractivity (Wildman–Crippen MR) is 260 cm³/mol. The Morgan fingerprint density at radius 3 is 1.35 bits per heavy atom. The number of nitrogens with one attached hydrogen (secondary N) is 2. The third-order valence-corrected chi connectivity index (χ3v) is 11.5. The Kier molecular flexibility index (Phi) is 15.9. The summed E-state index contributed by atoms with van der Waals surface area (Å²) in [6.07, 6.45) is 7.26. The molecule has 4 heterocycles. The van der Waals surface area contributed by atoms with E-state index in [0.717, 1.165) is 92.4 Å². The number of anilines is 2. The van der Waals surface area contributed by atoms with Crippen LogP contribution in [0.2, 0.25) is 10.0 Å². The van der Waals surface area contributed by atoms with Gasteiger partial charge < -0.3 is 9.47 Å². The summed E-state index contributed by atoms with van der Waals surface area (Å²) in [5, 5.41) is 1.20. The zero-order valence-electron chi connectivity index (χ0n) is 34.1. The Balaban J connectivity index is 0.000000227. The zero-order chi connectivity index (χ0) is 42.6. The number of hydrogen-bond acceptors (Lipinski definition) is 8. The molecule has 2 aliphatic rings. The third-order valence-electron chi connectivity index (χ3n) is 9.81. The summed E-state index contributed by atoms with van der Waals surface area (Å²) in [5.41, 5.74) is 12.6. The minimum atomic E-state index is -3.37. The molecule has 8 rings (SSSR count). The van der Waals surface area contributed by atoms with Gasteiger partial charge in [0.1, 0.15) is 24.7 Å². The van der Waals surface area contributed by atoms with Gasteiger partial charge in [-0.2, -0.15) is 0 Å². The van der Waals surface area contributed by atoms with Crippen molar-refractivity contribution < 1.29 is 26.3 Å². The van der Waals surface area contributed by atoms with Gasteiger partial charge in [-0.05, 0) is 119 Å². The number of fused-ring (bicyclic) bond motifs is 4. The van der Waals surface area contributed by atoms with Gasteiger partial charge in [0.25, 0.3) is 0 Å². The van der Waals surface area contributed by atoms with Gasteiger partial charge in [0.2, 0.25) is 20.0 Å². The quantitative estimate of drug-likeness (QED) is 0.154. The van der Waals surface area contributed by atoms with Crippen molar-refractivity contribution in [3.05, 3.63) is 176 Å². The molecule has 0 radical (unpaired) electrons. The number of allylic oxidation sites excluding steroid dienone is 2. The molecular weight excluding hydrogens is 955 g/mol. The van der Waals surface area contributed by atoms with Crippen molar-refractivity contribution in [1.82, 2.24) is 9.97 Å². The first-order chi connectivity index (χ1) is 28.7. The van der Waals surface area contributed by atoms with Crippen LogP contribution in [0.25, 0.3) is 22.3 Å². The summed E-state index contributed by atoms with van der Waals surface area (Å²) in [6, 6.07) is 34.0. The molecule has 0 spiro atoms. The number of nitrogens with zero attached hydrogens (tertiary/aromatic N) is 2. The van der Waals surface area contributed by atoms with Gasteiger partial charge >= 0.3 is 0 Å². The van der Waals surface area contributed by atoms with E-state index in [0.29, 0.717) is 46.1 Å². The second-order valence-electron chi connectivity index (χ2n) is 14.2. The van der Waals surface area contributed by atoms with Crippen LogP contribution >= 0.6 is 52.6 Å². The van der Waals surface area contributed by atoms with Crippen LogP contribution in [-0.4, -0.2) is 39.3 Å². The molecule has 0 saturated carbocycles. The maximum atomic E-state index is 11.7. The van der Waals surface area contributed by atoms with Crippen LogP contribution < -0.4 is 18.9 Å². The molecule has 2 N–H and O–H groups in total. The summed E-state index contributed by atoms with van der Waals surface area (Å²) >= 11 is 12.4. The molecule has 10 nitrogen and oxygen atoms in total. The molecule has 0 aliphatic carbocycles. The lowest BCUT2D eigenvalue weighted by molar-refractivity contribution is 0.302. The molecule has 6 aromatic rings. The Labute approximate surface area is 389 Å². The maximum absolute atomic E-state index is 11.7. The Hall–Kier alpha value is -4.89. The molecule has 0 bridgehead atoms. The first kappa shape index (κ1) is 48.1.